The van der Waals surface area contributed by atoms with E-state index in [0.29, 0.717) is 6.04 Å². The first-order valence-electron chi connectivity index (χ1n) is 6.77. The lowest BCUT2D eigenvalue weighted by Gasteiger charge is -2.28. The topological polar surface area (TPSA) is 21.3 Å². The summed E-state index contributed by atoms with van der Waals surface area (Å²) in [5.74, 6) is 1.82. The Balaban J connectivity index is 1.89. The van der Waals surface area contributed by atoms with E-state index < -0.39 is 0 Å². The van der Waals surface area contributed by atoms with Gasteiger partial charge < -0.3 is 10.1 Å². The van der Waals surface area contributed by atoms with E-state index in [9.17, 15) is 0 Å². The van der Waals surface area contributed by atoms with Crippen molar-refractivity contribution in [2.24, 2.45) is 5.92 Å². The van der Waals surface area contributed by atoms with Crippen LogP contribution >= 0.6 is 0 Å². The number of ether oxygens (including phenoxy) is 1. The molecule has 1 saturated carbocycles. The van der Waals surface area contributed by atoms with Crippen LogP contribution in [0, 0.1) is 5.92 Å². The molecule has 0 aliphatic heterocycles. The molecule has 2 rings (SSSR count). The average molecular weight is 233 g/mol. The Morgan fingerprint density at radius 1 is 1.24 bits per heavy atom. The van der Waals surface area contributed by atoms with Gasteiger partial charge in [-0.15, -0.1) is 0 Å². The van der Waals surface area contributed by atoms with E-state index in [4.69, 9.17) is 4.74 Å². The minimum Gasteiger partial charge on any atom is -0.494 e. The van der Waals surface area contributed by atoms with Crippen LogP contribution in [0.15, 0.2) is 24.3 Å². The summed E-state index contributed by atoms with van der Waals surface area (Å²) in [6.07, 6.45) is 5.35. The van der Waals surface area contributed by atoms with E-state index in [0.717, 1.165) is 18.3 Å². The van der Waals surface area contributed by atoms with Gasteiger partial charge in [-0.05, 0) is 49.9 Å². The molecule has 1 aromatic rings. The lowest BCUT2D eigenvalue weighted by molar-refractivity contribution is 0.340. The lowest BCUT2D eigenvalue weighted by atomic mass is 9.87. The Hall–Kier alpha value is -1.18. The van der Waals surface area contributed by atoms with Crippen LogP contribution in [0.1, 0.15) is 39.5 Å². The molecule has 2 nitrogen and oxygen atoms in total. The lowest BCUT2D eigenvalue weighted by Crippen LogP contribution is -2.26. The van der Waals surface area contributed by atoms with Gasteiger partial charge in [-0.3, -0.25) is 0 Å². The molecule has 1 aromatic carbocycles. The summed E-state index contributed by atoms with van der Waals surface area (Å²) in [6.45, 7) is 5.09. The highest BCUT2D eigenvalue weighted by atomic mass is 16.5. The molecule has 0 spiro atoms. The fourth-order valence-electron chi connectivity index (χ4n) is 2.61. The van der Waals surface area contributed by atoms with Crippen LogP contribution in [-0.4, -0.2) is 12.6 Å². The Bertz CT molecular complexity index is 333. The minimum absolute atomic E-state index is 0.650. The molecule has 1 N–H and O–H groups in total. The van der Waals surface area contributed by atoms with Crippen molar-refractivity contribution in [3.8, 4) is 5.75 Å². The van der Waals surface area contributed by atoms with Crippen molar-refractivity contribution < 1.29 is 4.74 Å². The number of rotatable bonds is 4. The number of anilines is 1. The van der Waals surface area contributed by atoms with Crippen LogP contribution in [0.5, 0.6) is 5.75 Å². The summed E-state index contributed by atoms with van der Waals surface area (Å²) in [6, 6.07) is 8.96. The minimum atomic E-state index is 0.650. The van der Waals surface area contributed by atoms with E-state index >= 15 is 0 Å². The van der Waals surface area contributed by atoms with Gasteiger partial charge in [0, 0.05) is 11.7 Å². The van der Waals surface area contributed by atoms with Crippen LogP contribution in [0.4, 0.5) is 5.69 Å². The van der Waals surface area contributed by atoms with E-state index in [1.54, 1.807) is 0 Å². The smallest absolute Gasteiger partial charge is 0.119 e. The summed E-state index contributed by atoms with van der Waals surface area (Å²) in [5, 5.41) is 3.63. The number of benzene rings is 1. The van der Waals surface area contributed by atoms with E-state index in [2.05, 4.69) is 24.4 Å². The third kappa shape index (κ3) is 3.65. The van der Waals surface area contributed by atoms with E-state index in [1.165, 1.54) is 31.4 Å². The van der Waals surface area contributed by atoms with Crippen molar-refractivity contribution in [2.45, 2.75) is 45.6 Å². The van der Waals surface area contributed by atoms with Crippen molar-refractivity contribution in [3.63, 3.8) is 0 Å². The standard InChI is InChI=1S/C15H23NO/c1-3-17-15-9-7-13(8-10-15)16-14-6-4-5-12(2)11-14/h7-10,12,14,16H,3-6,11H2,1-2H3/t12-,14+/m0/s1. The quantitative estimate of drug-likeness (QED) is 0.846. The molecule has 1 aliphatic carbocycles. The van der Waals surface area contributed by atoms with Gasteiger partial charge in [-0.2, -0.15) is 0 Å². The molecule has 0 amide bonds. The second-order valence-electron chi connectivity index (χ2n) is 5.07. The molecule has 0 radical (unpaired) electrons. The van der Waals surface area contributed by atoms with Crippen LogP contribution < -0.4 is 10.1 Å². The third-order valence-electron chi connectivity index (χ3n) is 3.47. The molecule has 2 heteroatoms. The fourth-order valence-corrected chi connectivity index (χ4v) is 2.61. The van der Waals surface area contributed by atoms with Crippen molar-refractivity contribution in [1.29, 1.82) is 0 Å². The van der Waals surface area contributed by atoms with Gasteiger partial charge in [-0.1, -0.05) is 19.8 Å². The Morgan fingerprint density at radius 3 is 2.65 bits per heavy atom. The van der Waals surface area contributed by atoms with Crippen molar-refractivity contribution >= 4 is 5.69 Å². The maximum Gasteiger partial charge on any atom is 0.119 e. The first kappa shape index (κ1) is 12.3. The van der Waals surface area contributed by atoms with Crippen LogP contribution in [0.3, 0.4) is 0 Å². The molecule has 0 unspecified atom stereocenters. The van der Waals surface area contributed by atoms with Crippen molar-refractivity contribution in [2.75, 3.05) is 11.9 Å². The summed E-state index contributed by atoms with van der Waals surface area (Å²) in [5.41, 5.74) is 1.22. The van der Waals surface area contributed by atoms with Crippen molar-refractivity contribution in [3.05, 3.63) is 24.3 Å². The maximum absolute atomic E-state index is 5.44. The highest BCUT2D eigenvalue weighted by Crippen LogP contribution is 2.26. The first-order chi connectivity index (χ1) is 8.28. The van der Waals surface area contributed by atoms with Gasteiger partial charge in [0.05, 0.1) is 6.61 Å². The second-order valence-corrected chi connectivity index (χ2v) is 5.07. The van der Waals surface area contributed by atoms with Crippen LogP contribution in [0.25, 0.3) is 0 Å². The zero-order valence-electron chi connectivity index (χ0n) is 10.9. The molecule has 1 fully saturated rings. The SMILES string of the molecule is CCOc1ccc(N[C@@H]2CCC[C@H](C)C2)cc1. The predicted octanol–water partition coefficient (Wildman–Crippen LogP) is 4.08. The molecule has 94 valence electrons. The first-order valence-corrected chi connectivity index (χ1v) is 6.77. The van der Waals surface area contributed by atoms with Gasteiger partial charge in [0.2, 0.25) is 0 Å². The number of hydrogen-bond acceptors (Lipinski definition) is 2. The Kier molecular flexibility index (Phi) is 4.29. The van der Waals surface area contributed by atoms with E-state index in [1.807, 2.05) is 19.1 Å². The summed E-state index contributed by atoms with van der Waals surface area (Å²) in [4.78, 5) is 0. The molecule has 0 heterocycles. The second kappa shape index (κ2) is 5.95. The highest BCUT2D eigenvalue weighted by molar-refractivity contribution is 5.47. The third-order valence-corrected chi connectivity index (χ3v) is 3.47. The van der Waals surface area contributed by atoms with Crippen molar-refractivity contribution in [1.82, 2.24) is 0 Å². The summed E-state index contributed by atoms with van der Waals surface area (Å²) < 4.78 is 5.44. The fraction of sp³-hybridized carbons (Fsp3) is 0.600. The number of nitrogens with one attached hydrogen (secondary N) is 1. The van der Waals surface area contributed by atoms with Gasteiger partial charge >= 0.3 is 0 Å². The van der Waals surface area contributed by atoms with Gasteiger partial charge in [-0.25, -0.2) is 0 Å². The summed E-state index contributed by atoms with van der Waals surface area (Å²) >= 11 is 0. The Labute approximate surface area is 104 Å². The normalized spacial score (nSPS) is 24.4. The highest BCUT2D eigenvalue weighted by Gasteiger charge is 2.18. The molecule has 2 atom stereocenters. The summed E-state index contributed by atoms with van der Waals surface area (Å²) in [7, 11) is 0. The molecule has 0 saturated heterocycles. The largest absolute Gasteiger partial charge is 0.494 e. The van der Waals surface area contributed by atoms with E-state index in [-0.39, 0.29) is 0 Å². The molecular formula is C15H23NO. The zero-order valence-corrected chi connectivity index (χ0v) is 10.9. The maximum atomic E-state index is 5.44. The average Bonchev–Trinajstić information content (AvgIpc) is 2.32. The van der Waals surface area contributed by atoms with Gasteiger partial charge in [0.25, 0.3) is 0 Å². The molecule has 0 bridgehead atoms. The molecule has 0 aromatic heterocycles. The zero-order chi connectivity index (χ0) is 12.1. The molecular weight excluding hydrogens is 210 g/mol. The Morgan fingerprint density at radius 2 is 2.00 bits per heavy atom. The predicted molar refractivity (Wildman–Crippen MR) is 72.7 cm³/mol. The number of hydrogen-bond donors (Lipinski definition) is 1. The van der Waals surface area contributed by atoms with Crippen LogP contribution in [-0.2, 0) is 0 Å². The van der Waals surface area contributed by atoms with Gasteiger partial charge in [0.1, 0.15) is 5.75 Å². The van der Waals surface area contributed by atoms with Gasteiger partial charge in [0.15, 0.2) is 0 Å². The molecule has 1 aliphatic rings. The monoisotopic (exact) mass is 233 g/mol. The molecule has 17 heavy (non-hydrogen) atoms. The van der Waals surface area contributed by atoms with Crippen LogP contribution in [0.2, 0.25) is 0 Å².